The standard InChI is InChI=1S/CHF3S.Cu.2H2N/c2-1(3,4)5;;;/h5H;;2*1H2/q;;2*-1/p-1. The number of halogens is 3. The van der Waals surface area contributed by atoms with Crippen LogP contribution in [0.5, 0.6) is 0 Å². The molecule has 0 bridgehead atoms. The summed E-state index contributed by atoms with van der Waals surface area (Å²) in [6.07, 6.45) is 0. The number of hydrogen-bond donors (Lipinski definition) is 0. The Labute approximate surface area is 61.3 Å². The van der Waals surface area contributed by atoms with Crippen LogP contribution in [0.25, 0.3) is 12.3 Å². The molecule has 0 aromatic rings. The Morgan fingerprint density at radius 3 is 1.00 bits per heavy atom. The van der Waals surface area contributed by atoms with E-state index in [4.69, 9.17) is 0 Å². The van der Waals surface area contributed by atoms with Gasteiger partial charge in [-0.3, -0.25) is 0 Å². The molecule has 0 saturated heterocycles. The van der Waals surface area contributed by atoms with Gasteiger partial charge in [0.2, 0.25) is 0 Å². The number of rotatable bonds is 0. The maximum atomic E-state index is 10.2. The third-order valence-electron chi connectivity index (χ3n) is 0. The SMILES string of the molecule is FC(F)(F)[S-].[Cu].[NH2-].[NH2-]. The molecule has 8 heavy (non-hydrogen) atoms. The second-order valence-electron chi connectivity index (χ2n) is 0.446. The molecule has 4 N–H and O–H groups in total. The van der Waals surface area contributed by atoms with E-state index in [0.717, 1.165) is 0 Å². The van der Waals surface area contributed by atoms with E-state index in [1.54, 1.807) is 0 Å². The molecule has 1 radical (unpaired) electrons. The average Bonchev–Trinajstić information content (AvgIpc) is 0.722. The molecule has 59 valence electrons. The van der Waals surface area contributed by atoms with Gasteiger partial charge in [0, 0.05) is 17.1 Å². The summed E-state index contributed by atoms with van der Waals surface area (Å²) in [5.74, 6) is 0. The smallest absolute Gasteiger partial charge is 0.276 e. The predicted octanol–water partition coefficient (Wildman–Crippen LogP) is 2.48. The predicted molar refractivity (Wildman–Crippen MR) is 24.0 cm³/mol. The third kappa shape index (κ3) is 610. The molecular weight excluding hydrogens is 193 g/mol. The Morgan fingerprint density at radius 1 is 1.00 bits per heavy atom. The first-order valence-electron chi connectivity index (χ1n) is 0.771. The van der Waals surface area contributed by atoms with Gasteiger partial charge in [-0.1, -0.05) is 0 Å². The Balaban J connectivity index is -0.0000000267. The van der Waals surface area contributed by atoms with E-state index in [1.807, 2.05) is 0 Å². The van der Waals surface area contributed by atoms with Crippen molar-refractivity contribution in [1.29, 1.82) is 0 Å². The minimum absolute atomic E-state index is 0. The van der Waals surface area contributed by atoms with Crippen molar-refractivity contribution >= 4 is 12.6 Å². The van der Waals surface area contributed by atoms with Crippen molar-refractivity contribution in [2.24, 2.45) is 0 Å². The summed E-state index contributed by atoms with van der Waals surface area (Å²) in [6.45, 7) is 0. The van der Waals surface area contributed by atoms with Crippen LogP contribution in [0.2, 0.25) is 0 Å². The van der Waals surface area contributed by atoms with Crippen molar-refractivity contribution in [3.8, 4) is 0 Å². The molecule has 0 heterocycles. The fraction of sp³-hybridized carbons (Fsp3) is 1.00. The van der Waals surface area contributed by atoms with Crippen LogP contribution in [0, 0.1) is 0 Å². The zero-order valence-electron chi connectivity index (χ0n) is 3.50. The minimum Gasteiger partial charge on any atom is -0.693 e. The normalized spacial score (nSPS) is 7.50. The topological polar surface area (TPSA) is 67.0 Å². The second-order valence-corrected chi connectivity index (χ2v) is 0.909. The van der Waals surface area contributed by atoms with Gasteiger partial charge in [-0.05, 0) is 0 Å². The van der Waals surface area contributed by atoms with Crippen LogP contribution < -0.4 is 0 Å². The Bertz CT molecular complexity index is 32.8. The summed E-state index contributed by atoms with van der Waals surface area (Å²) in [6, 6.07) is 0. The Hall–Kier alpha value is 0.579. The van der Waals surface area contributed by atoms with Gasteiger partial charge in [-0.2, -0.15) is 13.2 Å². The van der Waals surface area contributed by atoms with Crippen LogP contribution >= 0.6 is 0 Å². The summed E-state index contributed by atoms with van der Waals surface area (Å²) < 4.78 is 30.5. The molecule has 0 aliphatic carbocycles. The van der Waals surface area contributed by atoms with Gasteiger partial charge >= 0.3 is 0 Å². The first kappa shape index (κ1) is 23.5. The van der Waals surface area contributed by atoms with E-state index in [9.17, 15) is 13.2 Å². The van der Waals surface area contributed by atoms with Gasteiger partial charge in [0.15, 0.2) is 0 Å². The van der Waals surface area contributed by atoms with Gasteiger partial charge in [0.05, 0.1) is 0 Å². The molecule has 0 fully saturated rings. The van der Waals surface area contributed by atoms with E-state index < -0.39 is 5.51 Å². The molecule has 0 atom stereocenters. The summed E-state index contributed by atoms with van der Waals surface area (Å²) in [5.41, 5.74) is -4.42. The largest absolute Gasteiger partial charge is 0.693 e. The summed E-state index contributed by atoms with van der Waals surface area (Å²) in [4.78, 5) is 0. The molecule has 0 saturated carbocycles. The van der Waals surface area contributed by atoms with Crippen molar-refractivity contribution in [1.82, 2.24) is 0 Å². The Morgan fingerprint density at radius 2 is 1.00 bits per heavy atom. The fourth-order valence-corrected chi connectivity index (χ4v) is 0. The maximum Gasteiger partial charge on any atom is 0.276 e. The van der Waals surface area contributed by atoms with Crippen LogP contribution in [-0.2, 0) is 29.7 Å². The summed E-state index contributed by atoms with van der Waals surface area (Å²) in [7, 11) is 0. The van der Waals surface area contributed by atoms with E-state index in [-0.39, 0.29) is 29.4 Å². The van der Waals surface area contributed by atoms with Gasteiger partial charge in [-0.25, -0.2) is 0 Å². The summed E-state index contributed by atoms with van der Waals surface area (Å²) in [5, 5.41) is 0. The summed E-state index contributed by atoms with van der Waals surface area (Å²) >= 11 is 2.83. The average molecular weight is 197 g/mol. The van der Waals surface area contributed by atoms with Gasteiger partial charge < -0.3 is 24.9 Å². The zero-order valence-corrected chi connectivity index (χ0v) is 5.26. The van der Waals surface area contributed by atoms with Gasteiger partial charge in [0.1, 0.15) is 0 Å². The molecular formula is CH4CuF3N2S-3. The van der Waals surface area contributed by atoms with E-state index in [0.29, 0.717) is 0 Å². The zero-order chi connectivity index (χ0) is 4.50. The molecule has 0 aromatic carbocycles. The van der Waals surface area contributed by atoms with Crippen LogP contribution in [0.15, 0.2) is 0 Å². The molecule has 0 amide bonds. The molecule has 2 nitrogen and oxygen atoms in total. The minimum atomic E-state index is -4.42. The van der Waals surface area contributed by atoms with E-state index in [1.165, 1.54) is 0 Å². The molecule has 0 rings (SSSR count). The van der Waals surface area contributed by atoms with Crippen molar-refractivity contribution in [2.75, 3.05) is 0 Å². The van der Waals surface area contributed by atoms with Crippen LogP contribution in [0.3, 0.4) is 0 Å². The Kier molecular flexibility index (Phi) is 22.3. The van der Waals surface area contributed by atoms with Crippen molar-refractivity contribution in [3.05, 3.63) is 12.3 Å². The molecule has 7 heteroatoms. The number of nitrogens with two attached hydrogens (primary N) is 2. The van der Waals surface area contributed by atoms with Crippen molar-refractivity contribution in [2.45, 2.75) is 5.51 Å². The van der Waals surface area contributed by atoms with Crippen molar-refractivity contribution in [3.63, 3.8) is 0 Å². The first-order valence-corrected chi connectivity index (χ1v) is 1.18. The molecule has 0 aromatic heterocycles. The quantitative estimate of drug-likeness (QED) is 0.434. The number of hydrogen-bond acceptors (Lipinski definition) is 1. The second kappa shape index (κ2) is 7.58. The molecule has 0 aliphatic rings. The maximum absolute atomic E-state index is 10.2. The number of alkyl halides is 3. The molecule has 0 unspecified atom stereocenters. The van der Waals surface area contributed by atoms with Gasteiger partial charge in [-0.15, -0.1) is 0 Å². The van der Waals surface area contributed by atoms with E-state index >= 15 is 0 Å². The van der Waals surface area contributed by atoms with Crippen LogP contribution in [0.4, 0.5) is 13.2 Å². The third-order valence-corrected chi connectivity index (χ3v) is 0. The van der Waals surface area contributed by atoms with Crippen molar-refractivity contribution < 1.29 is 30.2 Å². The van der Waals surface area contributed by atoms with Crippen LogP contribution in [-0.4, -0.2) is 5.51 Å². The molecule has 0 spiro atoms. The first-order chi connectivity index (χ1) is 2.00. The van der Waals surface area contributed by atoms with Gasteiger partial charge in [0.25, 0.3) is 5.51 Å². The van der Waals surface area contributed by atoms with Crippen LogP contribution in [0.1, 0.15) is 0 Å². The van der Waals surface area contributed by atoms with E-state index in [2.05, 4.69) is 12.6 Å². The fourth-order valence-electron chi connectivity index (χ4n) is 0. The molecule has 0 aliphatic heterocycles. The monoisotopic (exact) mass is 196 g/mol.